The summed E-state index contributed by atoms with van der Waals surface area (Å²) in [5.74, 6) is -0.339. The van der Waals surface area contributed by atoms with Gasteiger partial charge in [0, 0.05) is 17.8 Å². The molecule has 182 valence electrons. The Balaban J connectivity index is 1.29. The van der Waals surface area contributed by atoms with E-state index < -0.39 is 10.0 Å². The number of hydrogen-bond donors (Lipinski definition) is 3. The third-order valence-corrected chi connectivity index (χ3v) is 7.13. The van der Waals surface area contributed by atoms with Crippen LogP contribution in [0.1, 0.15) is 15.9 Å². The standard InChI is InChI=1S/C28H25N3O3S2/c32-27(24-13-11-23(12-14-24)22-9-5-2-6-10-22)31-28(35)30-25-15-17-26(18-16-25)36(33,34)29-20-19-21-7-3-1-4-8-21/h1-18,29H,19-20H2,(H2,30,31,32,35). The molecule has 0 aliphatic carbocycles. The zero-order valence-electron chi connectivity index (χ0n) is 19.3. The SMILES string of the molecule is O=C(NC(=S)Nc1ccc(S(=O)(=O)NCCc2ccccc2)cc1)c1ccc(-c2ccccc2)cc1. The maximum atomic E-state index is 12.6. The molecule has 0 bridgehead atoms. The van der Waals surface area contributed by atoms with Crippen LogP contribution in [0.25, 0.3) is 11.1 Å². The Morgan fingerprint density at radius 1 is 0.722 bits per heavy atom. The number of benzene rings is 4. The van der Waals surface area contributed by atoms with Crippen LogP contribution in [0, 0.1) is 0 Å². The van der Waals surface area contributed by atoms with E-state index in [0.29, 0.717) is 24.2 Å². The summed E-state index contributed by atoms with van der Waals surface area (Å²) in [7, 11) is -3.63. The van der Waals surface area contributed by atoms with Crippen LogP contribution in [0.4, 0.5) is 5.69 Å². The molecular weight excluding hydrogens is 490 g/mol. The van der Waals surface area contributed by atoms with Crippen molar-refractivity contribution in [2.75, 3.05) is 11.9 Å². The first-order valence-corrected chi connectivity index (χ1v) is 13.2. The van der Waals surface area contributed by atoms with E-state index in [0.717, 1.165) is 16.7 Å². The molecule has 0 atom stereocenters. The Morgan fingerprint density at radius 3 is 1.94 bits per heavy atom. The van der Waals surface area contributed by atoms with Gasteiger partial charge in [0.25, 0.3) is 5.91 Å². The maximum absolute atomic E-state index is 12.6. The van der Waals surface area contributed by atoms with Crippen LogP contribution in [-0.4, -0.2) is 26.0 Å². The van der Waals surface area contributed by atoms with E-state index in [9.17, 15) is 13.2 Å². The predicted octanol–water partition coefficient (Wildman–Crippen LogP) is 5.00. The molecule has 0 aliphatic rings. The highest BCUT2D eigenvalue weighted by Crippen LogP contribution is 2.19. The number of nitrogens with one attached hydrogen (secondary N) is 3. The first-order valence-electron chi connectivity index (χ1n) is 11.3. The zero-order chi connectivity index (χ0) is 25.4. The van der Waals surface area contributed by atoms with Crippen molar-refractivity contribution in [2.45, 2.75) is 11.3 Å². The van der Waals surface area contributed by atoms with Gasteiger partial charge in [0.1, 0.15) is 0 Å². The van der Waals surface area contributed by atoms with Crippen molar-refractivity contribution in [3.63, 3.8) is 0 Å². The Hall–Kier alpha value is -3.85. The van der Waals surface area contributed by atoms with Gasteiger partial charge in [-0.3, -0.25) is 10.1 Å². The summed E-state index contributed by atoms with van der Waals surface area (Å²) in [5, 5.41) is 5.67. The fraction of sp³-hybridized carbons (Fsp3) is 0.0714. The fourth-order valence-corrected chi connectivity index (χ4v) is 4.80. The Bertz CT molecular complexity index is 1420. The van der Waals surface area contributed by atoms with E-state index in [1.165, 1.54) is 12.1 Å². The highest BCUT2D eigenvalue weighted by molar-refractivity contribution is 7.89. The average Bonchev–Trinajstić information content (AvgIpc) is 2.90. The molecule has 0 aromatic heterocycles. The molecule has 0 heterocycles. The smallest absolute Gasteiger partial charge is 0.257 e. The molecule has 0 saturated carbocycles. The number of sulfonamides is 1. The molecule has 6 nitrogen and oxygen atoms in total. The number of rotatable bonds is 8. The molecule has 0 unspecified atom stereocenters. The first kappa shape index (κ1) is 25.2. The van der Waals surface area contributed by atoms with Crippen molar-refractivity contribution in [1.29, 1.82) is 0 Å². The Kier molecular flexibility index (Phi) is 8.22. The van der Waals surface area contributed by atoms with Gasteiger partial charge < -0.3 is 5.32 Å². The summed E-state index contributed by atoms with van der Waals surface area (Å²) in [4.78, 5) is 12.7. The van der Waals surface area contributed by atoms with Crippen molar-refractivity contribution in [3.05, 3.63) is 120 Å². The summed E-state index contributed by atoms with van der Waals surface area (Å²) < 4.78 is 27.7. The van der Waals surface area contributed by atoms with Crippen LogP contribution < -0.4 is 15.4 Å². The van der Waals surface area contributed by atoms with Crippen LogP contribution in [0.15, 0.2) is 114 Å². The lowest BCUT2D eigenvalue weighted by molar-refractivity contribution is 0.0977. The van der Waals surface area contributed by atoms with Gasteiger partial charge in [0.2, 0.25) is 10.0 Å². The molecule has 0 fully saturated rings. The quantitative estimate of drug-likeness (QED) is 0.288. The van der Waals surface area contributed by atoms with Gasteiger partial charge >= 0.3 is 0 Å². The van der Waals surface area contributed by atoms with Gasteiger partial charge in [0.15, 0.2) is 5.11 Å². The number of amides is 1. The van der Waals surface area contributed by atoms with Crippen molar-refractivity contribution in [2.24, 2.45) is 0 Å². The van der Waals surface area contributed by atoms with E-state index in [-0.39, 0.29) is 15.9 Å². The number of carbonyl (C=O) groups is 1. The molecule has 0 spiro atoms. The minimum atomic E-state index is -3.63. The van der Waals surface area contributed by atoms with Crippen LogP contribution in [0.5, 0.6) is 0 Å². The van der Waals surface area contributed by atoms with Crippen LogP contribution >= 0.6 is 12.2 Å². The predicted molar refractivity (Wildman–Crippen MR) is 147 cm³/mol. The minimum absolute atomic E-state index is 0.115. The van der Waals surface area contributed by atoms with Gasteiger partial charge in [-0.2, -0.15) is 0 Å². The Labute approximate surface area is 216 Å². The normalized spacial score (nSPS) is 11.0. The lowest BCUT2D eigenvalue weighted by Crippen LogP contribution is -2.34. The molecule has 4 rings (SSSR count). The average molecular weight is 516 g/mol. The van der Waals surface area contributed by atoms with Crippen LogP contribution in [-0.2, 0) is 16.4 Å². The third kappa shape index (κ3) is 6.85. The molecule has 4 aromatic carbocycles. The molecule has 0 saturated heterocycles. The first-order chi connectivity index (χ1) is 17.4. The van der Waals surface area contributed by atoms with E-state index in [2.05, 4.69) is 15.4 Å². The van der Waals surface area contributed by atoms with E-state index >= 15 is 0 Å². The van der Waals surface area contributed by atoms with Crippen molar-refractivity contribution in [1.82, 2.24) is 10.0 Å². The molecule has 0 aliphatic heterocycles. The fourth-order valence-electron chi connectivity index (χ4n) is 3.56. The minimum Gasteiger partial charge on any atom is -0.332 e. The second-order valence-corrected chi connectivity index (χ2v) is 10.2. The number of thiocarbonyl (C=S) groups is 1. The monoisotopic (exact) mass is 515 g/mol. The highest BCUT2D eigenvalue weighted by Gasteiger charge is 2.14. The highest BCUT2D eigenvalue weighted by atomic mass is 32.2. The molecule has 3 N–H and O–H groups in total. The summed E-state index contributed by atoms with van der Waals surface area (Å²) >= 11 is 5.25. The number of carbonyl (C=O) groups excluding carboxylic acids is 1. The molecule has 1 amide bonds. The lowest BCUT2D eigenvalue weighted by atomic mass is 10.0. The molecule has 0 radical (unpaired) electrons. The zero-order valence-corrected chi connectivity index (χ0v) is 21.0. The van der Waals surface area contributed by atoms with Gasteiger partial charge in [-0.15, -0.1) is 0 Å². The molecule has 8 heteroatoms. The molecule has 36 heavy (non-hydrogen) atoms. The second-order valence-electron chi connectivity index (χ2n) is 8.01. The van der Waals surface area contributed by atoms with Gasteiger partial charge in [-0.1, -0.05) is 72.8 Å². The summed E-state index contributed by atoms with van der Waals surface area (Å²) in [5.41, 5.74) is 4.17. The van der Waals surface area contributed by atoms with Crippen LogP contribution in [0.3, 0.4) is 0 Å². The third-order valence-electron chi connectivity index (χ3n) is 5.45. The van der Waals surface area contributed by atoms with Crippen molar-refractivity contribution < 1.29 is 13.2 Å². The van der Waals surface area contributed by atoms with E-state index in [1.807, 2.05) is 72.8 Å². The van der Waals surface area contributed by atoms with Crippen molar-refractivity contribution >= 4 is 38.9 Å². The largest absolute Gasteiger partial charge is 0.332 e. The van der Waals surface area contributed by atoms with Gasteiger partial charge in [-0.25, -0.2) is 13.1 Å². The molecule has 4 aromatic rings. The number of anilines is 1. The maximum Gasteiger partial charge on any atom is 0.257 e. The summed E-state index contributed by atoms with van der Waals surface area (Å²) in [6.07, 6.45) is 0.600. The molecular formula is C28H25N3O3S2. The van der Waals surface area contributed by atoms with E-state index in [1.54, 1.807) is 24.3 Å². The van der Waals surface area contributed by atoms with Crippen LogP contribution in [0.2, 0.25) is 0 Å². The number of hydrogen-bond acceptors (Lipinski definition) is 4. The topological polar surface area (TPSA) is 87.3 Å². The second kappa shape index (κ2) is 11.7. The Morgan fingerprint density at radius 2 is 1.31 bits per heavy atom. The van der Waals surface area contributed by atoms with Gasteiger partial charge in [0.05, 0.1) is 4.90 Å². The summed E-state index contributed by atoms with van der Waals surface area (Å²) in [6.45, 7) is 0.300. The lowest BCUT2D eigenvalue weighted by Gasteiger charge is -2.11. The van der Waals surface area contributed by atoms with Crippen molar-refractivity contribution in [3.8, 4) is 11.1 Å². The summed E-state index contributed by atoms with van der Waals surface area (Å²) in [6, 6.07) is 33.0. The van der Waals surface area contributed by atoms with E-state index in [4.69, 9.17) is 12.2 Å². The van der Waals surface area contributed by atoms with Gasteiger partial charge in [-0.05, 0) is 71.7 Å².